The van der Waals surface area contributed by atoms with Gasteiger partial charge in [-0.2, -0.15) is 0 Å². The molecule has 0 radical (unpaired) electrons. The van der Waals surface area contributed by atoms with Crippen molar-refractivity contribution in [2.75, 3.05) is 26.2 Å². The van der Waals surface area contributed by atoms with Gasteiger partial charge < -0.3 is 42.1 Å². The predicted molar refractivity (Wildman–Crippen MR) is 169 cm³/mol. The number of furan rings is 1. The van der Waals surface area contributed by atoms with Crippen molar-refractivity contribution in [2.24, 2.45) is 15.7 Å². The van der Waals surface area contributed by atoms with Crippen LogP contribution in [0.25, 0.3) is 0 Å². The highest BCUT2D eigenvalue weighted by molar-refractivity contribution is 6.60. The summed E-state index contributed by atoms with van der Waals surface area (Å²) in [5, 5.41) is 15.4. The van der Waals surface area contributed by atoms with E-state index < -0.39 is 65.5 Å². The molecule has 2 aliphatic heterocycles. The molecule has 3 rings (SSSR count). The molecule has 0 fully saturated rings. The maximum absolute atomic E-state index is 13.6. The minimum atomic E-state index is -1.24. The van der Waals surface area contributed by atoms with Gasteiger partial charge in [-0.25, -0.2) is 0 Å². The number of carbonyl (C=O) groups excluding carboxylic acids is 7. The van der Waals surface area contributed by atoms with E-state index in [1.165, 1.54) is 18.6 Å². The highest BCUT2D eigenvalue weighted by Gasteiger charge is 2.30. The van der Waals surface area contributed by atoms with Gasteiger partial charge in [-0.3, -0.25) is 43.5 Å². The molecule has 0 aliphatic carbocycles. The summed E-state index contributed by atoms with van der Waals surface area (Å²) in [6.45, 7) is 4.53. The number of nitrogens with one attached hydrogen (secondary N) is 6. The molecule has 8 N–H and O–H groups in total. The molecule has 252 valence electrons. The van der Waals surface area contributed by atoms with Crippen molar-refractivity contribution in [3.8, 4) is 0 Å². The Balaban J connectivity index is 1.83. The van der Waals surface area contributed by atoms with Crippen LogP contribution in [0, 0.1) is 0 Å². The number of nitrogens with zero attached hydrogens (tertiary/aromatic N) is 2. The summed E-state index contributed by atoms with van der Waals surface area (Å²) in [5.74, 6) is -4.63. The van der Waals surface area contributed by atoms with Crippen LogP contribution in [0.2, 0.25) is 0 Å². The van der Waals surface area contributed by atoms with Crippen LogP contribution in [0.15, 0.2) is 57.6 Å². The molecule has 0 unspecified atom stereocenters. The number of primary amides is 1. The molecule has 1 aromatic rings. The van der Waals surface area contributed by atoms with E-state index in [1.54, 1.807) is 12.1 Å². The quantitative estimate of drug-likeness (QED) is 0.103. The fraction of sp³-hybridized carbons (Fsp3) is 0.433. The molecule has 4 atom stereocenters. The number of amides is 7. The maximum atomic E-state index is 13.6. The molecule has 0 saturated carbocycles. The van der Waals surface area contributed by atoms with E-state index in [4.69, 9.17) is 10.2 Å². The summed E-state index contributed by atoms with van der Waals surface area (Å²) in [5.41, 5.74) is 5.60. The van der Waals surface area contributed by atoms with E-state index in [9.17, 15) is 33.6 Å². The van der Waals surface area contributed by atoms with Crippen LogP contribution < -0.4 is 37.6 Å². The van der Waals surface area contributed by atoms with Crippen LogP contribution in [0.3, 0.4) is 0 Å². The first-order chi connectivity index (χ1) is 22.6. The van der Waals surface area contributed by atoms with Crippen molar-refractivity contribution in [3.05, 3.63) is 49.0 Å². The fourth-order valence-corrected chi connectivity index (χ4v) is 4.54. The summed E-state index contributed by atoms with van der Waals surface area (Å²) in [6, 6.07) is -1.55. The minimum Gasteiger partial charge on any atom is -0.469 e. The summed E-state index contributed by atoms with van der Waals surface area (Å²) in [7, 11) is 0. The molecule has 17 heteroatoms. The molecule has 1 aromatic heterocycles. The molecule has 3 heterocycles. The first-order valence-corrected chi connectivity index (χ1v) is 15.0. The highest BCUT2D eigenvalue weighted by Crippen LogP contribution is 2.08. The van der Waals surface area contributed by atoms with Gasteiger partial charge in [-0.1, -0.05) is 6.08 Å². The second-order valence-electron chi connectivity index (χ2n) is 10.6. The summed E-state index contributed by atoms with van der Waals surface area (Å²) in [4.78, 5) is 97.6. The standard InChI is InChI=1S/C30H39N9O8/c1-2-5-20-29(45)39-22(16-18-6-4-15-47-18)30(46)38-21(7-3-11-34-28(44)23-17-32-13-14-33-23)27(43)35-12-10-19(26(31)42)36-24(40)8-9-25(41)37-20/h2,4,6,8-9,15,17,19-22H,1,3,5,7,10-14,16H2,(H2,31,42)(H,34,44)(H,35,43)(H,36,40)(H,37,41)(H,38,46)(H,39,45)/b9-8-/t19-,20-,21-,22-/m0/s1. The summed E-state index contributed by atoms with van der Waals surface area (Å²) >= 11 is 0. The summed E-state index contributed by atoms with van der Waals surface area (Å²) < 4.78 is 5.38. The van der Waals surface area contributed by atoms with Gasteiger partial charge in [0.2, 0.25) is 35.4 Å². The number of aliphatic imine (C=N–C) groups is 2. The van der Waals surface area contributed by atoms with Crippen molar-refractivity contribution in [2.45, 2.75) is 56.3 Å². The largest absolute Gasteiger partial charge is 0.469 e. The second-order valence-corrected chi connectivity index (χ2v) is 10.6. The number of hydrogen-bond donors (Lipinski definition) is 7. The highest BCUT2D eigenvalue weighted by atomic mass is 16.3. The lowest BCUT2D eigenvalue weighted by Gasteiger charge is -2.25. The topological polar surface area (TPSA) is 256 Å². The molecular formula is C30H39N9O8. The zero-order valence-electron chi connectivity index (χ0n) is 25.7. The smallest absolute Gasteiger partial charge is 0.271 e. The molecule has 17 nitrogen and oxygen atoms in total. The lowest BCUT2D eigenvalue weighted by Crippen LogP contribution is -2.57. The number of rotatable bonds is 10. The van der Waals surface area contributed by atoms with Gasteiger partial charge in [0, 0.05) is 31.7 Å². The normalized spacial score (nSPS) is 23.7. The SMILES string of the molecule is C=CC[C@@H]1NC(=O)/C=C\C(=O)N[C@H](C(N)=O)CCNC(=O)[C@H](CCCNC(=O)C2=NCCN=C2)NC(=O)[C@H](Cc2ccco2)NC1=O. The fourth-order valence-electron chi connectivity index (χ4n) is 4.54. The number of nitrogens with two attached hydrogens (primary N) is 1. The Morgan fingerprint density at radius 2 is 1.70 bits per heavy atom. The number of carbonyl (C=O) groups is 7. The van der Waals surface area contributed by atoms with Crippen LogP contribution in [0.1, 0.15) is 31.4 Å². The Kier molecular flexibility index (Phi) is 14.0. The van der Waals surface area contributed by atoms with Gasteiger partial charge in [-0.05, 0) is 37.8 Å². The zero-order valence-corrected chi connectivity index (χ0v) is 25.7. The first-order valence-electron chi connectivity index (χ1n) is 15.0. The molecule has 47 heavy (non-hydrogen) atoms. The Bertz CT molecular complexity index is 1420. The number of hydrogen-bond acceptors (Lipinski definition) is 10. The van der Waals surface area contributed by atoms with Crippen molar-refractivity contribution < 1.29 is 38.0 Å². The van der Waals surface area contributed by atoms with Gasteiger partial charge in [0.1, 0.15) is 35.6 Å². The second kappa shape index (κ2) is 18.4. The van der Waals surface area contributed by atoms with Crippen molar-refractivity contribution >= 4 is 53.3 Å². The molecule has 2 aliphatic rings. The van der Waals surface area contributed by atoms with Crippen molar-refractivity contribution in [3.63, 3.8) is 0 Å². The third kappa shape index (κ3) is 12.0. The molecule has 0 bridgehead atoms. The lowest BCUT2D eigenvalue weighted by molar-refractivity contribution is -0.133. The summed E-state index contributed by atoms with van der Waals surface area (Å²) in [6.07, 6.45) is 6.02. The van der Waals surface area contributed by atoms with E-state index in [1.807, 2.05) is 0 Å². The molecule has 0 aromatic carbocycles. The van der Waals surface area contributed by atoms with Gasteiger partial charge in [0.05, 0.1) is 25.6 Å². The Labute approximate surface area is 270 Å². The zero-order chi connectivity index (χ0) is 34.2. The van der Waals surface area contributed by atoms with E-state index in [0.717, 1.165) is 12.2 Å². The Morgan fingerprint density at radius 1 is 0.979 bits per heavy atom. The molecular weight excluding hydrogens is 614 g/mol. The maximum Gasteiger partial charge on any atom is 0.271 e. The van der Waals surface area contributed by atoms with Crippen molar-refractivity contribution in [1.82, 2.24) is 31.9 Å². The van der Waals surface area contributed by atoms with Crippen LogP contribution >= 0.6 is 0 Å². The third-order valence-corrected chi connectivity index (χ3v) is 6.98. The van der Waals surface area contributed by atoms with Crippen LogP contribution in [-0.4, -0.2) is 104 Å². The Morgan fingerprint density at radius 3 is 2.36 bits per heavy atom. The van der Waals surface area contributed by atoms with Gasteiger partial charge >= 0.3 is 0 Å². The third-order valence-electron chi connectivity index (χ3n) is 6.98. The van der Waals surface area contributed by atoms with Crippen LogP contribution in [0.5, 0.6) is 0 Å². The van der Waals surface area contributed by atoms with Crippen LogP contribution in [0.4, 0.5) is 0 Å². The van der Waals surface area contributed by atoms with Crippen molar-refractivity contribution in [1.29, 1.82) is 0 Å². The minimum absolute atomic E-state index is 0.0223. The average molecular weight is 654 g/mol. The molecule has 7 amide bonds. The Hall–Kier alpha value is -5.61. The van der Waals surface area contributed by atoms with Crippen LogP contribution in [-0.2, 0) is 40.0 Å². The first kappa shape index (κ1) is 35.9. The predicted octanol–water partition coefficient (Wildman–Crippen LogP) is -2.68. The van der Waals surface area contributed by atoms with E-state index in [-0.39, 0.29) is 50.9 Å². The monoisotopic (exact) mass is 653 g/mol. The molecule has 0 saturated heterocycles. The van der Waals surface area contributed by atoms with E-state index in [2.05, 4.69) is 48.5 Å². The van der Waals surface area contributed by atoms with Gasteiger partial charge in [-0.15, -0.1) is 6.58 Å². The van der Waals surface area contributed by atoms with Gasteiger partial charge in [0.15, 0.2) is 0 Å². The van der Waals surface area contributed by atoms with E-state index in [0.29, 0.717) is 18.8 Å². The molecule has 0 spiro atoms. The van der Waals surface area contributed by atoms with E-state index >= 15 is 0 Å². The van der Waals surface area contributed by atoms with Gasteiger partial charge in [0.25, 0.3) is 5.91 Å². The lowest BCUT2D eigenvalue weighted by atomic mass is 10.1. The average Bonchev–Trinajstić information content (AvgIpc) is 3.57.